The molecule has 36 heavy (non-hydrogen) atoms. The Morgan fingerprint density at radius 1 is 0.667 bits per heavy atom. The number of furan rings is 1. The van der Waals surface area contributed by atoms with Crippen LogP contribution in [-0.2, 0) is 0 Å². The number of nitrogens with one attached hydrogen (secondary N) is 1. The number of benzene rings is 3. The summed E-state index contributed by atoms with van der Waals surface area (Å²) in [6.45, 7) is 9.07. The fraction of sp³-hybridized carbons (Fsp3) is 0.188. The molecule has 6 aromatic rings. The number of hydrogen-bond acceptors (Lipinski definition) is 4. The van der Waals surface area contributed by atoms with Gasteiger partial charge in [-0.2, -0.15) is 0 Å². The molecule has 0 saturated heterocycles. The monoisotopic (exact) mass is 471 g/mol. The SMILES string of the molecule is CC(C)c1cccc(C(C)C)c1-c1ccc2c(Nc3nccc4oc5ccccc5c34)nccc2c1. The molecule has 0 radical (unpaired) electrons. The zero-order valence-corrected chi connectivity index (χ0v) is 21.0. The van der Waals surface area contributed by atoms with E-state index < -0.39 is 0 Å². The Morgan fingerprint density at radius 2 is 1.39 bits per heavy atom. The minimum Gasteiger partial charge on any atom is -0.456 e. The van der Waals surface area contributed by atoms with E-state index in [1.807, 2.05) is 30.5 Å². The topological polar surface area (TPSA) is 51.0 Å². The van der Waals surface area contributed by atoms with Gasteiger partial charge in [-0.05, 0) is 63.7 Å². The molecule has 1 N–H and O–H groups in total. The maximum Gasteiger partial charge on any atom is 0.143 e. The highest BCUT2D eigenvalue weighted by Crippen LogP contribution is 2.39. The molecule has 0 aliphatic carbocycles. The Balaban J connectivity index is 1.48. The van der Waals surface area contributed by atoms with Crippen molar-refractivity contribution in [2.75, 3.05) is 5.32 Å². The van der Waals surface area contributed by atoms with Crippen LogP contribution >= 0.6 is 0 Å². The minimum absolute atomic E-state index is 0.445. The van der Waals surface area contributed by atoms with E-state index in [9.17, 15) is 0 Å². The summed E-state index contributed by atoms with van der Waals surface area (Å²) in [6.07, 6.45) is 3.63. The van der Waals surface area contributed by atoms with Crippen LogP contribution < -0.4 is 5.32 Å². The summed E-state index contributed by atoms with van der Waals surface area (Å²) in [5.41, 5.74) is 7.03. The lowest BCUT2D eigenvalue weighted by molar-refractivity contribution is 0.668. The van der Waals surface area contributed by atoms with Gasteiger partial charge >= 0.3 is 0 Å². The molecule has 3 aromatic carbocycles. The molecule has 6 rings (SSSR count). The largest absolute Gasteiger partial charge is 0.456 e. The molecule has 0 saturated carbocycles. The average Bonchev–Trinajstić information content (AvgIpc) is 3.27. The molecule has 0 atom stereocenters. The summed E-state index contributed by atoms with van der Waals surface area (Å²) in [7, 11) is 0. The van der Waals surface area contributed by atoms with E-state index in [-0.39, 0.29) is 0 Å². The summed E-state index contributed by atoms with van der Waals surface area (Å²) in [4.78, 5) is 9.33. The fourth-order valence-electron chi connectivity index (χ4n) is 5.19. The van der Waals surface area contributed by atoms with Crippen LogP contribution in [0.25, 0.3) is 43.8 Å². The molecule has 0 unspecified atom stereocenters. The van der Waals surface area contributed by atoms with E-state index in [4.69, 9.17) is 4.42 Å². The maximum absolute atomic E-state index is 6.04. The number of para-hydroxylation sites is 1. The van der Waals surface area contributed by atoms with E-state index in [1.54, 1.807) is 6.20 Å². The van der Waals surface area contributed by atoms with Crippen LogP contribution in [0.1, 0.15) is 50.7 Å². The van der Waals surface area contributed by atoms with Gasteiger partial charge < -0.3 is 9.73 Å². The highest BCUT2D eigenvalue weighted by molar-refractivity contribution is 6.11. The Hall–Kier alpha value is -4.18. The molecule has 0 spiro atoms. The Morgan fingerprint density at radius 3 is 2.17 bits per heavy atom. The average molecular weight is 472 g/mol. The zero-order valence-electron chi connectivity index (χ0n) is 21.0. The highest BCUT2D eigenvalue weighted by atomic mass is 16.3. The molecule has 0 fully saturated rings. The lowest BCUT2D eigenvalue weighted by Crippen LogP contribution is -2.00. The quantitative estimate of drug-likeness (QED) is 0.272. The maximum atomic E-state index is 6.04. The van der Waals surface area contributed by atoms with Crippen molar-refractivity contribution in [2.24, 2.45) is 0 Å². The van der Waals surface area contributed by atoms with Crippen LogP contribution in [0.3, 0.4) is 0 Å². The second-order valence-electron chi connectivity index (χ2n) is 9.97. The van der Waals surface area contributed by atoms with Gasteiger partial charge in [-0.25, -0.2) is 9.97 Å². The first-order chi connectivity index (χ1) is 17.5. The summed E-state index contributed by atoms with van der Waals surface area (Å²) >= 11 is 0. The smallest absolute Gasteiger partial charge is 0.143 e. The second-order valence-corrected chi connectivity index (χ2v) is 9.97. The third-order valence-corrected chi connectivity index (χ3v) is 6.95. The molecule has 0 bridgehead atoms. The van der Waals surface area contributed by atoms with Crippen LogP contribution in [0.15, 0.2) is 89.6 Å². The van der Waals surface area contributed by atoms with Crippen molar-refractivity contribution in [1.82, 2.24) is 9.97 Å². The zero-order chi connectivity index (χ0) is 24.8. The van der Waals surface area contributed by atoms with E-state index in [1.165, 1.54) is 22.3 Å². The number of pyridine rings is 2. The van der Waals surface area contributed by atoms with Crippen LogP contribution in [-0.4, -0.2) is 9.97 Å². The van der Waals surface area contributed by atoms with Crippen LogP contribution in [0.2, 0.25) is 0 Å². The van der Waals surface area contributed by atoms with Crippen LogP contribution in [0.5, 0.6) is 0 Å². The molecule has 0 amide bonds. The third kappa shape index (κ3) is 3.70. The van der Waals surface area contributed by atoms with Crippen molar-refractivity contribution in [2.45, 2.75) is 39.5 Å². The van der Waals surface area contributed by atoms with Gasteiger partial charge in [0.2, 0.25) is 0 Å². The van der Waals surface area contributed by atoms with Gasteiger partial charge in [0, 0.05) is 23.2 Å². The van der Waals surface area contributed by atoms with E-state index in [0.29, 0.717) is 11.8 Å². The first-order valence-electron chi connectivity index (χ1n) is 12.6. The van der Waals surface area contributed by atoms with Gasteiger partial charge in [-0.1, -0.05) is 76.2 Å². The lowest BCUT2D eigenvalue weighted by Gasteiger charge is -2.20. The molecule has 178 valence electrons. The summed E-state index contributed by atoms with van der Waals surface area (Å²) in [6, 6.07) is 25.4. The highest BCUT2D eigenvalue weighted by Gasteiger charge is 2.17. The second kappa shape index (κ2) is 8.80. The van der Waals surface area contributed by atoms with Gasteiger partial charge in [-0.3, -0.25) is 0 Å². The number of rotatable bonds is 5. The van der Waals surface area contributed by atoms with Gasteiger partial charge in [0.25, 0.3) is 0 Å². The summed E-state index contributed by atoms with van der Waals surface area (Å²) in [5, 5.41) is 7.71. The number of anilines is 2. The molecule has 3 heterocycles. The van der Waals surface area contributed by atoms with Crippen molar-refractivity contribution < 1.29 is 4.42 Å². The molecule has 0 aliphatic rings. The Labute approximate surface area is 211 Å². The summed E-state index contributed by atoms with van der Waals surface area (Å²) < 4.78 is 6.04. The number of nitrogens with zero attached hydrogens (tertiary/aromatic N) is 2. The van der Waals surface area contributed by atoms with E-state index >= 15 is 0 Å². The van der Waals surface area contributed by atoms with Crippen molar-refractivity contribution >= 4 is 44.3 Å². The summed E-state index contributed by atoms with van der Waals surface area (Å²) in [5.74, 6) is 2.42. The normalized spacial score (nSPS) is 11.8. The number of aromatic nitrogens is 2. The van der Waals surface area contributed by atoms with Crippen molar-refractivity contribution in [3.8, 4) is 11.1 Å². The fourth-order valence-corrected chi connectivity index (χ4v) is 5.19. The first kappa shape index (κ1) is 22.3. The molecule has 0 aliphatic heterocycles. The number of hydrogen-bond donors (Lipinski definition) is 1. The minimum atomic E-state index is 0.445. The van der Waals surface area contributed by atoms with Gasteiger partial charge in [-0.15, -0.1) is 0 Å². The Kier molecular flexibility index (Phi) is 5.45. The number of fused-ring (bicyclic) bond motifs is 4. The van der Waals surface area contributed by atoms with Crippen molar-refractivity contribution in [3.63, 3.8) is 0 Å². The predicted molar refractivity (Wildman–Crippen MR) is 150 cm³/mol. The van der Waals surface area contributed by atoms with Crippen molar-refractivity contribution in [3.05, 3.63) is 96.3 Å². The van der Waals surface area contributed by atoms with Crippen LogP contribution in [0, 0.1) is 0 Å². The molecular weight excluding hydrogens is 442 g/mol. The molecule has 3 aromatic heterocycles. The standard InChI is InChI=1S/C32H29N3O/c1-19(2)23-9-7-10-24(20(3)4)29(23)22-12-13-25-21(18-22)14-16-33-31(25)35-32-30-26-8-5-6-11-27(26)36-28(30)15-17-34-32/h5-20H,1-4H3,(H,33,34,35). The predicted octanol–water partition coefficient (Wildman–Crippen LogP) is 9.19. The Bertz CT molecular complexity index is 1700. The lowest BCUT2D eigenvalue weighted by atomic mass is 9.84. The molecular formula is C32H29N3O. The van der Waals surface area contributed by atoms with E-state index in [2.05, 4.69) is 91.5 Å². The molecule has 4 heteroatoms. The van der Waals surface area contributed by atoms with E-state index in [0.717, 1.165) is 44.3 Å². The van der Waals surface area contributed by atoms with Gasteiger partial charge in [0.15, 0.2) is 0 Å². The van der Waals surface area contributed by atoms with Gasteiger partial charge in [0.05, 0.1) is 5.39 Å². The first-order valence-corrected chi connectivity index (χ1v) is 12.6. The van der Waals surface area contributed by atoms with Crippen molar-refractivity contribution in [1.29, 1.82) is 0 Å². The van der Waals surface area contributed by atoms with Crippen LogP contribution in [0.4, 0.5) is 11.6 Å². The third-order valence-electron chi connectivity index (χ3n) is 6.95. The molecule has 4 nitrogen and oxygen atoms in total. The van der Waals surface area contributed by atoms with Gasteiger partial charge in [0.1, 0.15) is 22.8 Å².